The summed E-state index contributed by atoms with van der Waals surface area (Å²) in [5.74, 6) is 0.806. The number of rotatable bonds is 6. The summed E-state index contributed by atoms with van der Waals surface area (Å²) in [5, 5.41) is 9.76. The molecule has 0 bridgehead atoms. The van der Waals surface area contributed by atoms with Crippen LogP contribution in [0, 0.1) is 11.3 Å². The molecule has 0 fully saturated rings. The number of likely N-dealkylation sites (N-methyl/N-ethyl adjacent to an activating group) is 1. The highest BCUT2D eigenvalue weighted by Crippen LogP contribution is 2.17. The van der Waals surface area contributed by atoms with Gasteiger partial charge in [0.1, 0.15) is 17.6 Å². The molecule has 0 unspecified atom stereocenters. The molecule has 0 saturated heterocycles. The number of benzene rings is 1. The largest absolute Gasteiger partial charge is 0.351 e. The molecule has 2 aromatic rings. The van der Waals surface area contributed by atoms with Crippen molar-refractivity contribution in [3.63, 3.8) is 0 Å². The standard InChI is InChI=1S/C17H19ClN4/c1-21(2)9-10-22(13-14-5-3-6-15(18)11-14)17-8-4-7-16(12-19)20-17/h3-8,11H,9-10,13H2,1-2H3. The van der Waals surface area contributed by atoms with Crippen molar-refractivity contribution < 1.29 is 0 Å². The Morgan fingerprint density at radius 1 is 1.14 bits per heavy atom. The lowest BCUT2D eigenvalue weighted by molar-refractivity contribution is 0.412. The third kappa shape index (κ3) is 4.73. The molecule has 1 heterocycles. The lowest BCUT2D eigenvalue weighted by Crippen LogP contribution is -2.32. The predicted octanol–water partition coefficient (Wildman–Crippen LogP) is 3.17. The Labute approximate surface area is 136 Å². The molecule has 0 aliphatic heterocycles. The number of aromatic nitrogens is 1. The second-order valence-corrected chi connectivity index (χ2v) is 5.78. The number of nitrogens with zero attached hydrogens (tertiary/aromatic N) is 4. The lowest BCUT2D eigenvalue weighted by Gasteiger charge is -2.25. The molecule has 4 nitrogen and oxygen atoms in total. The molecule has 0 saturated carbocycles. The molecule has 0 radical (unpaired) electrons. The number of anilines is 1. The van der Waals surface area contributed by atoms with Crippen LogP contribution in [-0.2, 0) is 6.54 Å². The lowest BCUT2D eigenvalue weighted by atomic mass is 10.2. The van der Waals surface area contributed by atoms with Gasteiger partial charge < -0.3 is 9.80 Å². The maximum atomic E-state index is 9.03. The van der Waals surface area contributed by atoms with Crippen LogP contribution in [0.5, 0.6) is 0 Å². The molecule has 0 amide bonds. The van der Waals surface area contributed by atoms with E-state index in [4.69, 9.17) is 16.9 Å². The molecular weight excluding hydrogens is 296 g/mol. The molecule has 22 heavy (non-hydrogen) atoms. The first-order chi connectivity index (χ1) is 10.6. The number of nitriles is 1. The Balaban J connectivity index is 2.23. The van der Waals surface area contributed by atoms with Crippen molar-refractivity contribution in [2.24, 2.45) is 0 Å². The molecule has 0 N–H and O–H groups in total. The van der Waals surface area contributed by atoms with Gasteiger partial charge >= 0.3 is 0 Å². The quantitative estimate of drug-likeness (QED) is 0.821. The highest BCUT2D eigenvalue weighted by Gasteiger charge is 2.10. The van der Waals surface area contributed by atoms with Crippen molar-refractivity contribution in [1.29, 1.82) is 5.26 Å². The van der Waals surface area contributed by atoms with Crippen molar-refractivity contribution in [3.8, 4) is 6.07 Å². The van der Waals surface area contributed by atoms with E-state index in [-0.39, 0.29) is 0 Å². The Bertz CT molecular complexity index is 664. The van der Waals surface area contributed by atoms with Gasteiger partial charge in [0.25, 0.3) is 0 Å². The third-order valence-electron chi connectivity index (χ3n) is 3.25. The van der Waals surface area contributed by atoms with Crippen LogP contribution in [0.4, 0.5) is 5.82 Å². The average molecular weight is 315 g/mol. The third-order valence-corrected chi connectivity index (χ3v) is 3.49. The minimum atomic E-state index is 0.429. The summed E-state index contributed by atoms with van der Waals surface area (Å²) in [6, 6.07) is 15.4. The van der Waals surface area contributed by atoms with Crippen molar-refractivity contribution in [3.05, 3.63) is 58.7 Å². The first kappa shape index (κ1) is 16.3. The van der Waals surface area contributed by atoms with Gasteiger partial charge in [-0.15, -0.1) is 0 Å². The van der Waals surface area contributed by atoms with E-state index in [0.29, 0.717) is 12.2 Å². The van der Waals surface area contributed by atoms with Crippen LogP contribution in [0.1, 0.15) is 11.3 Å². The van der Waals surface area contributed by atoms with Crippen molar-refractivity contribution in [1.82, 2.24) is 9.88 Å². The highest BCUT2D eigenvalue weighted by atomic mass is 35.5. The summed E-state index contributed by atoms with van der Waals surface area (Å²) in [7, 11) is 4.08. The highest BCUT2D eigenvalue weighted by molar-refractivity contribution is 6.30. The van der Waals surface area contributed by atoms with Gasteiger partial charge in [-0.05, 0) is 43.9 Å². The summed E-state index contributed by atoms with van der Waals surface area (Å²) >= 11 is 6.06. The van der Waals surface area contributed by atoms with Gasteiger partial charge in [0.15, 0.2) is 0 Å². The summed E-state index contributed by atoms with van der Waals surface area (Å²) in [6.07, 6.45) is 0. The minimum absolute atomic E-state index is 0.429. The maximum Gasteiger partial charge on any atom is 0.142 e. The summed E-state index contributed by atoms with van der Waals surface area (Å²) < 4.78 is 0. The fraction of sp³-hybridized carbons (Fsp3) is 0.294. The van der Waals surface area contributed by atoms with Crippen molar-refractivity contribution in [2.45, 2.75) is 6.54 Å². The van der Waals surface area contributed by atoms with Crippen molar-refractivity contribution in [2.75, 3.05) is 32.1 Å². The first-order valence-corrected chi connectivity index (χ1v) is 7.47. The molecule has 2 rings (SSSR count). The zero-order valence-corrected chi connectivity index (χ0v) is 13.6. The van der Waals surface area contributed by atoms with E-state index in [2.05, 4.69) is 20.9 Å². The minimum Gasteiger partial charge on any atom is -0.351 e. The van der Waals surface area contributed by atoms with Gasteiger partial charge in [0.2, 0.25) is 0 Å². The SMILES string of the molecule is CN(C)CCN(Cc1cccc(Cl)c1)c1cccc(C#N)n1. The first-order valence-electron chi connectivity index (χ1n) is 7.10. The zero-order valence-electron chi connectivity index (χ0n) is 12.8. The van der Waals surface area contributed by atoms with Crippen LogP contribution in [0.3, 0.4) is 0 Å². The van der Waals surface area contributed by atoms with Gasteiger partial charge in [-0.1, -0.05) is 29.8 Å². The Morgan fingerprint density at radius 2 is 1.91 bits per heavy atom. The Morgan fingerprint density at radius 3 is 2.59 bits per heavy atom. The fourth-order valence-electron chi connectivity index (χ4n) is 2.11. The zero-order chi connectivity index (χ0) is 15.9. The smallest absolute Gasteiger partial charge is 0.142 e. The average Bonchev–Trinajstić information content (AvgIpc) is 2.51. The van der Waals surface area contributed by atoms with Crippen LogP contribution in [0.25, 0.3) is 0 Å². The number of pyridine rings is 1. The van der Waals surface area contributed by atoms with E-state index in [1.54, 1.807) is 6.07 Å². The van der Waals surface area contributed by atoms with E-state index in [9.17, 15) is 0 Å². The van der Waals surface area contributed by atoms with E-state index in [0.717, 1.165) is 29.5 Å². The van der Waals surface area contributed by atoms with Crippen LogP contribution >= 0.6 is 11.6 Å². The van der Waals surface area contributed by atoms with Gasteiger partial charge in [0.05, 0.1) is 0 Å². The number of hydrogen-bond acceptors (Lipinski definition) is 4. The van der Waals surface area contributed by atoms with Crippen LogP contribution in [0.2, 0.25) is 5.02 Å². The molecule has 0 aliphatic carbocycles. The second-order valence-electron chi connectivity index (χ2n) is 5.35. The molecule has 0 spiro atoms. The van der Waals surface area contributed by atoms with Gasteiger partial charge in [-0.3, -0.25) is 0 Å². The van der Waals surface area contributed by atoms with E-state index < -0.39 is 0 Å². The Hall–Kier alpha value is -2.09. The van der Waals surface area contributed by atoms with Gasteiger partial charge in [-0.25, -0.2) is 4.98 Å². The molecule has 114 valence electrons. The molecule has 1 aromatic heterocycles. The molecule has 0 atom stereocenters. The summed E-state index contributed by atoms with van der Waals surface area (Å²) in [4.78, 5) is 8.68. The van der Waals surface area contributed by atoms with Gasteiger partial charge in [-0.2, -0.15) is 5.26 Å². The van der Waals surface area contributed by atoms with Crippen LogP contribution in [0.15, 0.2) is 42.5 Å². The fourth-order valence-corrected chi connectivity index (χ4v) is 2.33. The molecular formula is C17H19ClN4. The van der Waals surface area contributed by atoms with E-state index in [1.165, 1.54) is 0 Å². The number of hydrogen-bond donors (Lipinski definition) is 0. The van der Waals surface area contributed by atoms with Gasteiger partial charge in [0, 0.05) is 24.7 Å². The Kier molecular flexibility index (Phi) is 5.76. The predicted molar refractivity (Wildman–Crippen MR) is 90.0 cm³/mol. The van der Waals surface area contributed by atoms with Crippen LogP contribution in [-0.4, -0.2) is 37.1 Å². The summed E-state index contributed by atoms with van der Waals surface area (Å²) in [5.41, 5.74) is 1.55. The molecule has 5 heteroatoms. The van der Waals surface area contributed by atoms with E-state index >= 15 is 0 Å². The van der Waals surface area contributed by atoms with Crippen LogP contribution < -0.4 is 4.90 Å². The topological polar surface area (TPSA) is 43.2 Å². The summed E-state index contributed by atoms with van der Waals surface area (Å²) in [6.45, 7) is 2.43. The maximum absolute atomic E-state index is 9.03. The molecule has 1 aromatic carbocycles. The normalized spacial score (nSPS) is 10.5. The monoisotopic (exact) mass is 314 g/mol. The van der Waals surface area contributed by atoms with E-state index in [1.807, 2.05) is 50.5 Å². The number of halogens is 1. The second kappa shape index (κ2) is 7.79. The molecule has 0 aliphatic rings. The van der Waals surface area contributed by atoms with Crippen molar-refractivity contribution >= 4 is 17.4 Å².